The summed E-state index contributed by atoms with van der Waals surface area (Å²) in [5.74, 6) is 2.73. The fourth-order valence-electron chi connectivity index (χ4n) is 4.24. The quantitative estimate of drug-likeness (QED) is 0.287. The van der Waals surface area contributed by atoms with Crippen LogP contribution in [0.4, 0.5) is 26.3 Å². The molecule has 176 valence electrons. The number of hydrogen-bond donors (Lipinski definition) is 0. The van der Waals surface area contributed by atoms with Crippen molar-refractivity contribution in [3.63, 3.8) is 0 Å². The van der Waals surface area contributed by atoms with Crippen LogP contribution < -0.4 is 4.74 Å². The van der Waals surface area contributed by atoms with Crippen molar-refractivity contribution < 1.29 is 31.1 Å². The third-order valence-electron chi connectivity index (χ3n) is 5.99. The molecule has 0 spiro atoms. The fraction of sp³-hybridized carbons (Fsp3) is 0.259. The second-order valence-corrected chi connectivity index (χ2v) is 8.12. The Balaban J connectivity index is 1.53. The van der Waals surface area contributed by atoms with E-state index in [9.17, 15) is 22.0 Å². The average Bonchev–Trinajstić information content (AvgIpc) is 2.80. The minimum atomic E-state index is -4.78. The van der Waals surface area contributed by atoms with Gasteiger partial charge in [-0.15, -0.1) is 13.2 Å². The molecule has 3 aromatic rings. The number of hydrogen-bond acceptors (Lipinski definition) is 1. The molecule has 0 saturated heterocycles. The molecule has 0 amide bonds. The Morgan fingerprint density at radius 3 is 2.29 bits per heavy atom. The first-order valence-electron chi connectivity index (χ1n) is 10.8. The van der Waals surface area contributed by atoms with E-state index in [-0.39, 0.29) is 17.2 Å². The van der Waals surface area contributed by atoms with E-state index in [1.807, 2.05) is 0 Å². The molecule has 0 fully saturated rings. The van der Waals surface area contributed by atoms with Gasteiger partial charge >= 0.3 is 6.36 Å². The van der Waals surface area contributed by atoms with E-state index in [0.29, 0.717) is 47.9 Å². The van der Waals surface area contributed by atoms with Gasteiger partial charge in [-0.1, -0.05) is 37.0 Å². The molecular formula is C27H20F6O. The summed E-state index contributed by atoms with van der Waals surface area (Å²) in [5.41, 5.74) is 2.43. The van der Waals surface area contributed by atoms with Gasteiger partial charge in [-0.2, -0.15) is 0 Å². The zero-order valence-corrected chi connectivity index (χ0v) is 18.2. The van der Waals surface area contributed by atoms with Crippen LogP contribution in [0.2, 0.25) is 0 Å². The normalized spacial score (nSPS) is 15.3. The van der Waals surface area contributed by atoms with Crippen LogP contribution in [0.5, 0.6) is 5.75 Å². The first-order valence-corrected chi connectivity index (χ1v) is 10.8. The molecule has 1 aliphatic rings. The number of halogens is 6. The van der Waals surface area contributed by atoms with Gasteiger partial charge in [0.2, 0.25) is 0 Å². The Hall–Kier alpha value is -3.40. The summed E-state index contributed by atoms with van der Waals surface area (Å²) < 4.78 is 84.5. The van der Waals surface area contributed by atoms with E-state index in [1.54, 1.807) is 25.1 Å². The molecule has 3 aromatic carbocycles. The van der Waals surface area contributed by atoms with E-state index in [0.717, 1.165) is 17.7 Å². The zero-order valence-electron chi connectivity index (χ0n) is 18.2. The standard InChI is InChI=1S/C27H20F6O/c1-2-17-9-13-23(26(30)25(17)29)20-10-14-22-19(15-20)8-7-18(24(22)28)6-3-16-4-11-21(12-5-16)34-27(31,32)33/h4-5,7-9,11-13,20H,2,10,14-15H2,1H3. The van der Waals surface area contributed by atoms with Crippen molar-refractivity contribution in [3.05, 3.63) is 99.4 Å². The molecule has 0 aliphatic heterocycles. The van der Waals surface area contributed by atoms with Crippen molar-refractivity contribution in [1.29, 1.82) is 0 Å². The maximum atomic E-state index is 15.1. The predicted octanol–water partition coefficient (Wildman–Crippen LogP) is 7.24. The van der Waals surface area contributed by atoms with Crippen molar-refractivity contribution in [1.82, 2.24) is 0 Å². The second kappa shape index (κ2) is 9.46. The van der Waals surface area contributed by atoms with Crippen LogP contribution in [-0.2, 0) is 19.3 Å². The van der Waals surface area contributed by atoms with Crippen LogP contribution in [0, 0.1) is 29.3 Å². The smallest absolute Gasteiger partial charge is 0.406 e. The summed E-state index contributed by atoms with van der Waals surface area (Å²) in [6.07, 6.45) is -3.15. The number of fused-ring (bicyclic) bond motifs is 1. The number of benzene rings is 3. The summed E-state index contributed by atoms with van der Waals surface area (Å²) >= 11 is 0. The fourth-order valence-corrected chi connectivity index (χ4v) is 4.24. The van der Waals surface area contributed by atoms with Gasteiger partial charge in [0.15, 0.2) is 11.6 Å². The molecule has 1 aliphatic carbocycles. The third-order valence-corrected chi connectivity index (χ3v) is 5.99. The molecule has 1 atom stereocenters. The number of alkyl halides is 3. The minimum absolute atomic E-state index is 0.164. The van der Waals surface area contributed by atoms with E-state index in [2.05, 4.69) is 16.6 Å². The highest BCUT2D eigenvalue weighted by Crippen LogP contribution is 2.36. The zero-order chi connectivity index (χ0) is 24.5. The lowest BCUT2D eigenvalue weighted by atomic mass is 9.79. The molecule has 0 saturated carbocycles. The number of aryl methyl sites for hydroxylation is 1. The summed E-state index contributed by atoms with van der Waals surface area (Å²) in [4.78, 5) is 0. The third kappa shape index (κ3) is 5.06. The Kier molecular flexibility index (Phi) is 6.60. The van der Waals surface area contributed by atoms with Crippen molar-refractivity contribution >= 4 is 0 Å². The SMILES string of the molecule is CCc1ccc(C2CCc3c(ccc(C#Cc4ccc(OC(F)(F)F)cc4)c3F)C2)c(F)c1F. The first-order chi connectivity index (χ1) is 16.2. The molecule has 0 radical (unpaired) electrons. The topological polar surface area (TPSA) is 9.23 Å². The Bertz CT molecular complexity index is 1270. The number of ether oxygens (including phenoxy) is 1. The van der Waals surface area contributed by atoms with E-state index < -0.39 is 23.8 Å². The van der Waals surface area contributed by atoms with Gasteiger partial charge < -0.3 is 4.74 Å². The maximum absolute atomic E-state index is 15.1. The van der Waals surface area contributed by atoms with Gasteiger partial charge in [-0.25, -0.2) is 13.2 Å². The Morgan fingerprint density at radius 1 is 0.882 bits per heavy atom. The molecular weight excluding hydrogens is 454 g/mol. The van der Waals surface area contributed by atoms with Crippen LogP contribution in [0.1, 0.15) is 52.6 Å². The first kappa shape index (κ1) is 23.7. The summed E-state index contributed by atoms with van der Waals surface area (Å²) in [6.45, 7) is 1.76. The van der Waals surface area contributed by atoms with Crippen LogP contribution in [0.15, 0.2) is 48.5 Å². The molecule has 1 nitrogen and oxygen atoms in total. The van der Waals surface area contributed by atoms with E-state index in [1.165, 1.54) is 18.2 Å². The highest BCUT2D eigenvalue weighted by molar-refractivity contribution is 5.49. The Morgan fingerprint density at radius 2 is 1.62 bits per heavy atom. The second-order valence-electron chi connectivity index (χ2n) is 8.12. The lowest BCUT2D eigenvalue weighted by Crippen LogP contribution is -2.17. The van der Waals surface area contributed by atoms with Gasteiger partial charge in [0.1, 0.15) is 11.6 Å². The molecule has 34 heavy (non-hydrogen) atoms. The molecule has 0 bridgehead atoms. The van der Waals surface area contributed by atoms with Crippen LogP contribution in [0.25, 0.3) is 0 Å². The average molecular weight is 474 g/mol. The molecule has 7 heteroatoms. The van der Waals surface area contributed by atoms with Crippen molar-refractivity contribution in [3.8, 4) is 17.6 Å². The highest BCUT2D eigenvalue weighted by Gasteiger charge is 2.31. The largest absolute Gasteiger partial charge is 0.573 e. The highest BCUT2D eigenvalue weighted by atomic mass is 19.4. The van der Waals surface area contributed by atoms with E-state index in [4.69, 9.17) is 0 Å². The summed E-state index contributed by atoms with van der Waals surface area (Å²) in [6, 6.07) is 11.5. The molecule has 0 aromatic heterocycles. The number of rotatable bonds is 3. The predicted molar refractivity (Wildman–Crippen MR) is 116 cm³/mol. The van der Waals surface area contributed by atoms with Crippen LogP contribution >= 0.6 is 0 Å². The Labute approximate surface area is 193 Å². The summed E-state index contributed by atoms with van der Waals surface area (Å²) in [7, 11) is 0. The lowest BCUT2D eigenvalue weighted by Gasteiger charge is -2.26. The summed E-state index contributed by atoms with van der Waals surface area (Å²) in [5, 5.41) is 0. The maximum Gasteiger partial charge on any atom is 0.573 e. The van der Waals surface area contributed by atoms with Gasteiger partial charge in [0, 0.05) is 5.56 Å². The van der Waals surface area contributed by atoms with Gasteiger partial charge in [-0.05, 0) is 84.2 Å². The van der Waals surface area contributed by atoms with Crippen molar-refractivity contribution in [2.75, 3.05) is 0 Å². The van der Waals surface area contributed by atoms with Gasteiger partial charge in [0.05, 0.1) is 5.56 Å². The van der Waals surface area contributed by atoms with Crippen molar-refractivity contribution in [2.45, 2.75) is 44.9 Å². The van der Waals surface area contributed by atoms with Crippen LogP contribution in [0.3, 0.4) is 0 Å². The van der Waals surface area contributed by atoms with Crippen LogP contribution in [-0.4, -0.2) is 6.36 Å². The lowest BCUT2D eigenvalue weighted by molar-refractivity contribution is -0.274. The molecule has 0 N–H and O–H groups in total. The monoisotopic (exact) mass is 474 g/mol. The minimum Gasteiger partial charge on any atom is -0.406 e. The van der Waals surface area contributed by atoms with Gasteiger partial charge in [0.25, 0.3) is 0 Å². The van der Waals surface area contributed by atoms with Gasteiger partial charge in [-0.3, -0.25) is 0 Å². The van der Waals surface area contributed by atoms with Crippen molar-refractivity contribution in [2.24, 2.45) is 0 Å². The molecule has 1 unspecified atom stereocenters. The molecule has 4 rings (SSSR count). The van der Waals surface area contributed by atoms with E-state index >= 15 is 4.39 Å². The molecule has 0 heterocycles.